The molecular formula is C13H19F2NO. The van der Waals surface area contributed by atoms with Crippen LogP contribution in [0.5, 0.6) is 0 Å². The molecule has 1 atom stereocenters. The number of hydrogen-bond acceptors (Lipinski definition) is 2. The number of unbranched alkanes of at least 4 members (excludes halogenated alkanes) is 2. The van der Waals surface area contributed by atoms with Crippen LogP contribution in [0.15, 0.2) is 18.2 Å². The van der Waals surface area contributed by atoms with E-state index in [2.05, 4.69) is 12.2 Å². The minimum absolute atomic E-state index is 0.134. The normalized spacial score (nSPS) is 12.7. The molecule has 0 radical (unpaired) electrons. The van der Waals surface area contributed by atoms with Gasteiger partial charge in [0, 0.05) is 18.2 Å². The van der Waals surface area contributed by atoms with Gasteiger partial charge in [-0.25, -0.2) is 8.78 Å². The molecule has 1 unspecified atom stereocenters. The molecule has 0 fully saturated rings. The van der Waals surface area contributed by atoms with Crippen molar-refractivity contribution in [2.75, 3.05) is 13.1 Å². The van der Waals surface area contributed by atoms with E-state index in [1.807, 2.05) is 0 Å². The van der Waals surface area contributed by atoms with Crippen LogP contribution in [0.2, 0.25) is 0 Å². The van der Waals surface area contributed by atoms with Gasteiger partial charge in [-0.1, -0.05) is 25.8 Å². The first-order valence-corrected chi connectivity index (χ1v) is 5.99. The number of nitrogens with one attached hydrogen (secondary N) is 1. The average molecular weight is 243 g/mol. The summed E-state index contributed by atoms with van der Waals surface area (Å²) in [4.78, 5) is 0. The number of aliphatic hydroxyl groups is 1. The first kappa shape index (κ1) is 14.1. The maximum Gasteiger partial charge on any atom is 0.131 e. The second-order valence-electron chi connectivity index (χ2n) is 4.09. The summed E-state index contributed by atoms with van der Waals surface area (Å²) in [6.07, 6.45) is 2.37. The molecule has 0 aromatic heterocycles. The van der Waals surface area contributed by atoms with Crippen molar-refractivity contribution >= 4 is 0 Å². The minimum atomic E-state index is -0.933. The van der Waals surface area contributed by atoms with Crippen molar-refractivity contribution in [3.63, 3.8) is 0 Å². The lowest BCUT2D eigenvalue weighted by molar-refractivity contribution is 0.170. The van der Waals surface area contributed by atoms with Gasteiger partial charge in [-0.3, -0.25) is 0 Å². The van der Waals surface area contributed by atoms with E-state index in [1.54, 1.807) is 0 Å². The Bertz CT molecular complexity index is 344. The van der Waals surface area contributed by atoms with Crippen LogP contribution in [-0.4, -0.2) is 18.2 Å². The van der Waals surface area contributed by atoms with E-state index in [0.717, 1.165) is 37.9 Å². The minimum Gasteiger partial charge on any atom is -0.387 e. The summed E-state index contributed by atoms with van der Waals surface area (Å²) in [5, 5.41) is 12.8. The predicted molar refractivity (Wildman–Crippen MR) is 63.7 cm³/mol. The lowest BCUT2D eigenvalue weighted by Crippen LogP contribution is -2.23. The van der Waals surface area contributed by atoms with Crippen LogP contribution in [0.4, 0.5) is 8.78 Å². The summed E-state index contributed by atoms with van der Waals surface area (Å²) >= 11 is 0. The molecule has 0 saturated heterocycles. The lowest BCUT2D eigenvalue weighted by Gasteiger charge is -2.13. The van der Waals surface area contributed by atoms with E-state index in [4.69, 9.17) is 0 Å². The molecular weight excluding hydrogens is 224 g/mol. The molecule has 0 saturated carbocycles. The molecule has 0 amide bonds. The van der Waals surface area contributed by atoms with E-state index in [1.165, 1.54) is 6.07 Å². The zero-order chi connectivity index (χ0) is 12.7. The highest BCUT2D eigenvalue weighted by molar-refractivity contribution is 5.21. The van der Waals surface area contributed by atoms with Gasteiger partial charge in [-0.2, -0.15) is 0 Å². The van der Waals surface area contributed by atoms with Gasteiger partial charge in [0.1, 0.15) is 11.6 Å². The van der Waals surface area contributed by atoms with E-state index >= 15 is 0 Å². The standard InChI is InChI=1S/C13H19F2NO/c1-2-3-4-7-16-9-13(17)11-6-5-10(14)8-12(11)15/h5-6,8,13,16-17H,2-4,7,9H2,1H3. The number of hydrogen-bond donors (Lipinski definition) is 2. The van der Waals surface area contributed by atoms with Crippen LogP contribution in [0.1, 0.15) is 37.9 Å². The lowest BCUT2D eigenvalue weighted by atomic mass is 10.1. The predicted octanol–water partition coefficient (Wildman–Crippen LogP) is 2.78. The molecule has 0 aliphatic heterocycles. The Morgan fingerprint density at radius 3 is 2.71 bits per heavy atom. The van der Waals surface area contributed by atoms with Gasteiger partial charge in [-0.15, -0.1) is 0 Å². The molecule has 2 N–H and O–H groups in total. The third kappa shape index (κ3) is 4.79. The molecule has 1 aromatic carbocycles. The van der Waals surface area contributed by atoms with Crippen molar-refractivity contribution in [1.29, 1.82) is 0 Å². The molecule has 0 spiro atoms. The topological polar surface area (TPSA) is 32.3 Å². The number of rotatable bonds is 7. The van der Waals surface area contributed by atoms with Gasteiger partial charge in [0.15, 0.2) is 0 Å². The molecule has 0 aliphatic carbocycles. The van der Waals surface area contributed by atoms with Crippen molar-refractivity contribution in [3.05, 3.63) is 35.4 Å². The molecule has 0 heterocycles. The smallest absolute Gasteiger partial charge is 0.131 e. The maximum atomic E-state index is 13.3. The SMILES string of the molecule is CCCCCNCC(O)c1ccc(F)cc1F. The zero-order valence-corrected chi connectivity index (χ0v) is 10.0. The van der Waals surface area contributed by atoms with E-state index in [-0.39, 0.29) is 12.1 Å². The van der Waals surface area contributed by atoms with Crippen molar-refractivity contribution in [2.24, 2.45) is 0 Å². The molecule has 0 aliphatic rings. The van der Waals surface area contributed by atoms with Gasteiger partial charge in [0.05, 0.1) is 6.10 Å². The number of aliphatic hydroxyl groups excluding tert-OH is 1. The fraction of sp³-hybridized carbons (Fsp3) is 0.538. The van der Waals surface area contributed by atoms with Crippen LogP contribution in [0.25, 0.3) is 0 Å². The highest BCUT2D eigenvalue weighted by Gasteiger charge is 2.12. The van der Waals surface area contributed by atoms with Gasteiger partial charge in [0.25, 0.3) is 0 Å². The Morgan fingerprint density at radius 2 is 2.06 bits per heavy atom. The van der Waals surface area contributed by atoms with Crippen molar-refractivity contribution in [2.45, 2.75) is 32.3 Å². The summed E-state index contributed by atoms with van der Waals surface area (Å²) in [7, 11) is 0. The van der Waals surface area contributed by atoms with Crippen molar-refractivity contribution < 1.29 is 13.9 Å². The van der Waals surface area contributed by atoms with E-state index in [9.17, 15) is 13.9 Å². The average Bonchev–Trinajstić information content (AvgIpc) is 2.28. The number of halogens is 2. The van der Waals surface area contributed by atoms with Gasteiger partial charge < -0.3 is 10.4 Å². The highest BCUT2D eigenvalue weighted by Crippen LogP contribution is 2.17. The Kier molecular flexibility index (Phi) is 6.08. The van der Waals surface area contributed by atoms with Crippen LogP contribution in [-0.2, 0) is 0 Å². The Balaban J connectivity index is 2.38. The fourth-order valence-electron chi connectivity index (χ4n) is 1.62. The quantitative estimate of drug-likeness (QED) is 0.722. The van der Waals surface area contributed by atoms with Crippen molar-refractivity contribution in [3.8, 4) is 0 Å². The molecule has 17 heavy (non-hydrogen) atoms. The molecule has 96 valence electrons. The van der Waals surface area contributed by atoms with Crippen molar-refractivity contribution in [1.82, 2.24) is 5.32 Å². The third-order valence-electron chi connectivity index (χ3n) is 2.62. The Morgan fingerprint density at radius 1 is 1.29 bits per heavy atom. The fourth-order valence-corrected chi connectivity index (χ4v) is 1.62. The Labute approximate surface area is 101 Å². The van der Waals surface area contributed by atoms with Crippen LogP contribution in [0, 0.1) is 11.6 Å². The summed E-state index contributed by atoms with van der Waals surface area (Å²) < 4.78 is 26.0. The number of benzene rings is 1. The zero-order valence-electron chi connectivity index (χ0n) is 10.0. The summed E-state index contributed by atoms with van der Waals surface area (Å²) in [6.45, 7) is 3.20. The van der Waals surface area contributed by atoms with Gasteiger partial charge >= 0.3 is 0 Å². The monoisotopic (exact) mass is 243 g/mol. The molecule has 4 heteroatoms. The highest BCUT2D eigenvalue weighted by atomic mass is 19.1. The largest absolute Gasteiger partial charge is 0.387 e. The molecule has 1 rings (SSSR count). The first-order chi connectivity index (χ1) is 8.15. The van der Waals surface area contributed by atoms with Gasteiger partial charge in [-0.05, 0) is 19.0 Å². The second kappa shape index (κ2) is 7.35. The third-order valence-corrected chi connectivity index (χ3v) is 2.62. The van der Waals surface area contributed by atoms with Crippen LogP contribution in [0.3, 0.4) is 0 Å². The summed E-state index contributed by atoms with van der Waals surface area (Å²) in [6, 6.07) is 3.22. The second-order valence-corrected chi connectivity index (χ2v) is 4.09. The summed E-state index contributed by atoms with van der Waals surface area (Å²) in [5.41, 5.74) is 0.134. The first-order valence-electron chi connectivity index (χ1n) is 5.99. The molecule has 0 bridgehead atoms. The van der Waals surface area contributed by atoms with E-state index < -0.39 is 17.7 Å². The summed E-state index contributed by atoms with van der Waals surface area (Å²) in [5.74, 6) is -1.33. The molecule has 2 nitrogen and oxygen atoms in total. The Hall–Kier alpha value is -1.00. The van der Waals surface area contributed by atoms with E-state index in [0.29, 0.717) is 0 Å². The van der Waals surface area contributed by atoms with Crippen LogP contribution >= 0.6 is 0 Å². The molecule has 1 aromatic rings. The maximum absolute atomic E-state index is 13.3. The van der Waals surface area contributed by atoms with Crippen LogP contribution < -0.4 is 5.32 Å². The van der Waals surface area contributed by atoms with Gasteiger partial charge in [0.2, 0.25) is 0 Å².